The molecule has 1 saturated heterocycles. The molecule has 5 heteroatoms. The van der Waals surface area contributed by atoms with Crippen LogP contribution in [0.1, 0.15) is 24.8 Å². The fraction of sp³-hybridized carbons (Fsp3) is 0.529. The predicted molar refractivity (Wildman–Crippen MR) is 84.2 cm³/mol. The summed E-state index contributed by atoms with van der Waals surface area (Å²) in [7, 11) is 0. The number of hydrogen-bond donors (Lipinski definition) is 2. The first-order valence-corrected chi connectivity index (χ1v) is 7.91. The van der Waals surface area contributed by atoms with E-state index >= 15 is 0 Å². The molecule has 0 spiro atoms. The fourth-order valence-corrected chi connectivity index (χ4v) is 2.73. The third-order valence-corrected chi connectivity index (χ3v) is 3.98. The molecule has 1 aliphatic rings. The Morgan fingerprint density at radius 1 is 1.27 bits per heavy atom. The van der Waals surface area contributed by atoms with Crippen molar-refractivity contribution in [1.82, 2.24) is 10.2 Å². The fourth-order valence-electron chi connectivity index (χ4n) is 2.73. The van der Waals surface area contributed by atoms with Crippen LogP contribution in [0.3, 0.4) is 0 Å². The van der Waals surface area contributed by atoms with E-state index < -0.39 is 0 Å². The van der Waals surface area contributed by atoms with Gasteiger partial charge in [0.1, 0.15) is 0 Å². The Labute approximate surface area is 131 Å². The van der Waals surface area contributed by atoms with Crippen molar-refractivity contribution in [2.75, 3.05) is 26.2 Å². The monoisotopic (exact) mass is 304 g/mol. The number of nitrogens with zero attached hydrogens (tertiary/aromatic N) is 1. The number of carbonyl (C=O) groups excluding carboxylic acids is 2. The molecule has 1 aromatic carbocycles. The largest absolute Gasteiger partial charge is 0.396 e. The Hall–Kier alpha value is -1.88. The summed E-state index contributed by atoms with van der Waals surface area (Å²) in [5, 5.41) is 11.6. The van der Waals surface area contributed by atoms with Crippen LogP contribution in [-0.2, 0) is 16.0 Å². The second kappa shape index (κ2) is 8.54. The van der Waals surface area contributed by atoms with Gasteiger partial charge < -0.3 is 15.3 Å². The molecule has 0 aromatic heterocycles. The standard InChI is InChI=1S/C17H24N2O3/c20-11-5-9-18-17(22)15-8-4-10-19(13-15)16(21)12-14-6-2-1-3-7-14/h1-3,6-7,15,20H,4-5,8-13H2,(H,18,22). The molecule has 0 bridgehead atoms. The molecule has 1 fully saturated rings. The zero-order valence-corrected chi connectivity index (χ0v) is 12.8. The molecule has 2 rings (SSSR count). The van der Waals surface area contributed by atoms with Crippen molar-refractivity contribution in [3.05, 3.63) is 35.9 Å². The molecule has 1 unspecified atom stereocenters. The lowest BCUT2D eigenvalue weighted by Gasteiger charge is -2.32. The minimum Gasteiger partial charge on any atom is -0.396 e. The van der Waals surface area contributed by atoms with Gasteiger partial charge in [-0.25, -0.2) is 0 Å². The van der Waals surface area contributed by atoms with Crippen LogP contribution in [-0.4, -0.2) is 48.1 Å². The van der Waals surface area contributed by atoms with Gasteiger partial charge >= 0.3 is 0 Å². The van der Waals surface area contributed by atoms with Gasteiger partial charge in [-0.05, 0) is 24.8 Å². The molecule has 22 heavy (non-hydrogen) atoms. The molecule has 1 heterocycles. The molecule has 1 atom stereocenters. The molecule has 0 aliphatic carbocycles. The summed E-state index contributed by atoms with van der Waals surface area (Å²) >= 11 is 0. The van der Waals surface area contributed by atoms with Crippen LogP contribution in [0.25, 0.3) is 0 Å². The number of aliphatic hydroxyl groups excluding tert-OH is 1. The van der Waals surface area contributed by atoms with Gasteiger partial charge in [-0.3, -0.25) is 9.59 Å². The first-order valence-electron chi connectivity index (χ1n) is 7.91. The smallest absolute Gasteiger partial charge is 0.227 e. The van der Waals surface area contributed by atoms with E-state index in [-0.39, 0.29) is 24.3 Å². The highest BCUT2D eigenvalue weighted by Crippen LogP contribution is 2.17. The number of likely N-dealkylation sites (tertiary alicyclic amines) is 1. The summed E-state index contributed by atoms with van der Waals surface area (Å²) in [6.45, 7) is 1.79. The quantitative estimate of drug-likeness (QED) is 0.769. The highest BCUT2D eigenvalue weighted by atomic mass is 16.3. The van der Waals surface area contributed by atoms with Crippen molar-refractivity contribution in [1.29, 1.82) is 0 Å². The van der Waals surface area contributed by atoms with E-state index in [4.69, 9.17) is 5.11 Å². The highest BCUT2D eigenvalue weighted by Gasteiger charge is 2.28. The first kappa shape index (κ1) is 16.5. The second-order valence-electron chi connectivity index (χ2n) is 5.71. The van der Waals surface area contributed by atoms with Crippen LogP contribution in [0.2, 0.25) is 0 Å². The van der Waals surface area contributed by atoms with Crippen molar-refractivity contribution >= 4 is 11.8 Å². The van der Waals surface area contributed by atoms with Gasteiger partial charge in [-0.2, -0.15) is 0 Å². The Kier molecular flexibility index (Phi) is 6.40. The molecule has 5 nitrogen and oxygen atoms in total. The number of carbonyl (C=O) groups is 2. The lowest BCUT2D eigenvalue weighted by Crippen LogP contribution is -2.46. The lowest BCUT2D eigenvalue weighted by molar-refractivity contribution is -0.135. The Morgan fingerprint density at radius 3 is 2.77 bits per heavy atom. The summed E-state index contributed by atoms with van der Waals surface area (Å²) in [6, 6.07) is 9.68. The first-order chi connectivity index (χ1) is 10.7. The molecule has 1 aliphatic heterocycles. The highest BCUT2D eigenvalue weighted by molar-refractivity contribution is 5.82. The van der Waals surface area contributed by atoms with Gasteiger partial charge in [0.05, 0.1) is 12.3 Å². The SMILES string of the molecule is O=C(NCCCO)C1CCCN(C(=O)Cc2ccccc2)C1. The average molecular weight is 304 g/mol. The van der Waals surface area contributed by atoms with Crippen molar-refractivity contribution in [3.63, 3.8) is 0 Å². The van der Waals surface area contributed by atoms with Gasteiger partial charge in [0, 0.05) is 26.2 Å². The normalized spacial score (nSPS) is 18.0. The molecule has 2 amide bonds. The molecule has 0 radical (unpaired) electrons. The number of aliphatic hydroxyl groups is 1. The average Bonchev–Trinajstić information content (AvgIpc) is 2.56. The minimum absolute atomic E-state index is 0.00865. The van der Waals surface area contributed by atoms with Gasteiger partial charge in [-0.15, -0.1) is 0 Å². The number of amides is 2. The number of piperidine rings is 1. The topological polar surface area (TPSA) is 69.6 Å². The molecular weight excluding hydrogens is 280 g/mol. The Balaban J connectivity index is 1.84. The Morgan fingerprint density at radius 2 is 2.05 bits per heavy atom. The summed E-state index contributed by atoms with van der Waals surface area (Å²) in [4.78, 5) is 26.2. The van der Waals surface area contributed by atoms with E-state index in [1.165, 1.54) is 0 Å². The summed E-state index contributed by atoms with van der Waals surface area (Å²) in [5.41, 5.74) is 1.00. The lowest BCUT2D eigenvalue weighted by atomic mass is 9.96. The van der Waals surface area contributed by atoms with E-state index in [0.29, 0.717) is 25.9 Å². The van der Waals surface area contributed by atoms with Crippen molar-refractivity contribution < 1.29 is 14.7 Å². The number of rotatable bonds is 6. The van der Waals surface area contributed by atoms with Crippen molar-refractivity contribution in [2.24, 2.45) is 5.92 Å². The van der Waals surface area contributed by atoms with Gasteiger partial charge in [-0.1, -0.05) is 30.3 Å². The Bertz CT molecular complexity index is 490. The van der Waals surface area contributed by atoms with E-state index in [1.54, 1.807) is 4.90 Å². The van der Waals surface area contributed by atoms with E-state index in [9.17, 15) is 9.59 Å². The van der Waals surface area contributed by atoms with Crippen LogP contribution in [0.5, 0.6) is 0 Å². The van der Waals surface area contributed by atoms with Crippen molar-refractivity contribution in [2.45, 2.75) is 25.7 Å². The molecule has 2 N–H and O–H groups in total. The third-order valence-electron chi connectivity index (χ3n) is 3.98. The van der Waals surface area contributed by atoms with Crippen LogP contribution in [0, 0.1) is 5.92 Å². The summed E-state index contributed by atoms with van der Waals surface area (Å²) in [6.07, 6.45) is 2.63. The maximum Gasteiger partial charge on any atom is 0.227 e. The van der Waals surface area contributed by atoms with E-state index in [1.807, 2.05) is 30.3 Å². The predicted octanol–water partition coefficient (Wildman–Crippen LogP) is 0.966. The van der Waals surface area contributed by atoms with Crippen LogP contribution in [0.15, 0.2) is 30.3 Å². The van der Waals surface area contributed by atoms with Crippen LogP contribution < -0.4 is 5.32 Å². The second-order valence-corrected chi connectivity index (χ2v) is 5.71. The van der Waals surface area contributed by atoms with Gasteiger partial charge in [0.15, 0.2) is 0 Å². The maximum absolute atomic E-state index is 12.4. The van der Waals surface area contributed by atoms with Crippen LogP contribution >= 0.6 is 0 Å². The number of nitrogens with one attached hydrogen (secondary N) is 1. The maximum atomic E-state index is 12.4. The number of hydrogen-bond acceptors (Lipinski definition) is 3. The zero-order chi connectivity index (χ0) is 15.8. The minimum atomic E-state index is -0.132. The molecule has 120 valence electrons. The van der Waals surface area contributed by atoms with E-state index in [2.05, 4.69) is 5.32 Å². The summed E-state index contributed by atoms with van der Waals surface area (Å²) in [5.74, 6) is -0.0584. The zero-order valence-electron chi connectivity index (χ0n) is 12.8. The summed E-state index contributed by atoms with van der Waals surface area (Å²) < 4.78 is 0. The van der Waals surface area contributed by atoms with Crippen LogP contribution in [0.4, 0.5) is 0 Å². The molecule has 1 aromatic rings. The molecule has 0 saturated carbocycles. The number of benzene rings is 1. The van der Waals surface area contributed by atoms with Crippen molar-refractivity contribution in [3.8, 4) is 0 Å². The molecular formula is C17H24N2O3. The van der Waals surface area contributed by atoms with Gasteiger partial charge in [0.25, 0.3) is 0 Å². The van der Waals surface area contributed by atoms with E-state index in [0.717, 1.165) is 24.9 Å². The van der Waals surface area contributed by atoms with Gasteiger partial charge in [0.2, 0.25) is 11.8 Å². The third kappa shape index (κ3) is 4.84.